The van der Waals surface area contributed by atoms with Crippen LogP contribution >= 0.6 is 0 Å². The molecule has 1 heterocycles. The quantitative estimate of drug-likeness (QED) is 0.557. The fourth-order valence-electron chi connectivity index (χ4n) is 1.78. The van der Waals surface area contributed by atoms with Crippen molar-refractivity contribution in [3.63, 3.8) is 0 Å². The van der Waals surface area contributed by atoms with E-state index >= 15 is 0 Å². The maximum absolute atomic E-state index is 13.3. The Balaban J connectivity index is 2.44. The molecule has 0 fully saturated rings. The van der Waals surface area contributed by atoms with Crippen LogP contribution in [0.4, 0.5) is 4.39 Å². The Morgan fingerprint density at radius 2 is 2.31 bits per heavy atom. The highest BCUT2D eigenvalue weighted by Crippen LogP contribution is 2.37. The van der Waals surface area contributed by atoms with E-state index in [2.05, 4.69) is 5.10 Å². The summed E-state index contributed by atoms with van der Waals surface area (Å²) >= 11 is 0. The highest BCUT2D eigenvalue weighted by molar-refractivity contribution is 5.70. The van der Waals surface area contributed by atoms with E-state index in [1.807, 2.05) is 26.3 Å². The summed E-state index contributed by atoms with van der Waals surface area (Å²) < 4.78 is 13.3. The Hall–Kier alpha value is -1.12. The second kappa shape index (κ2) is 2.44. The van der Waals surface area contributed by atoms with Gasteiger partial charge in [0.2, 0.25) is 0 Å². The molecule has 70 valence electrons. The third kappa shape index (κ3) is 1.03. The zero-order chi connectivity index (χ0) is 9.64. The number of likely N-dealkylation sites (N-methyl/N-ethyl adjacent to an activating group) is 1. The van der Waals surface area contributed by atoms with Crippen LogP contribution in [0.25, 0.3) is 0 Å². The molecule has 0 saturated heterocycles. The van der Waals surface area contributed by atoms with Crippen LogP contribution < -0.4 is 0 Å². The molecule has 0 aromatic heterocycles. The summed E-state index contributed by atoms with van der Waals surface area (Å²) in [4.78, 5) is 0. The highest BCUT2D eigenvalue weighted by Gasteiger charge is 2.41. The SMILES string of the molecule is CC1=CC2C=NN(C)[C@]2(C)C=C1F. The number of halogens is 1. The number of fused-ring (bicyclic) bond motifs is 1. The van der Waals surface area contributed by atoms with Gasteiger partial charge in [0.1, 0.15) is 5.83 Å². The predicted molar refractivity (Wildman–Crippen MR) is 51.1 cm³/mol. The molecule has 2 nitrogen and oxygen atoms in total. The summed E-state index contributed by atoms with van der Waals surface area (Å²) in [6.07, 6.45) is 5.45. The smallest absolute Gasteiger partial charge is 0.124 e. The van der Waals surface area contributed by atoms with Crippen LogP contribution in [0, 0.1) is 5.92 Å². The van der Waals surface area contributed by atoms with Gasteiger partial charge in [-0.05, 0) is 25.5 Å². The first-order valence-electron chi connectivity index (χ1n) is 4.39. The number of rotatable bonds is 0. The monoisotopic (exact) mass is 180 g/mol. The van der Waals surface area contributed by atoms with E-state index in [1.165, 1.54) is 0 Å². The first kappa shape index (κ1) is 8.48. The molecule has 0 saturated carbocycles. The Kier molecular flexibility index (Phi) is 1.59. The zero-order valence-corrected chi connectivity index (χ0v) is 8.08. The van der Waals surface area contributed by atoms with Crippen molar-refractivity contribution >= 4 is 6.21 Å². The van der Waals surface area contributed by atoms with Gasteiger partial charge in [-0.2, -0.15) is 5.10 Å². The zero-order valence-electron chi connectivity index (χ0n) is 8.08. The molecular formula is C10H13FN2. The Morgan fingerprint density at radius 3 is 3.00 bits per heavy atom. The molecule has 0 aromatic carbocycles. The van der Waals surface area contributed by atoms with Gasteiger partial charge < -0.3 is 0 Å². The lowest BCUT2D eigenvalue weighted by atomic mass is 9.81. The molecule has 1 unspecified atom stereocenters. The third-order valence-corrected chi connectivity index (χ3v) is 3.00. The molecule has 2 atom stereocenters. The van der Waals surface area contributed by atoms with Gasteiger partial charge in [-0.1, -0.05) is 6.08 Å². The van der Waals surface area contributed by atoms with Crippen LogP contribution in [-0.2, 0) is 0 Å². The Bertz CT molecular complexity index is 330. The first-order valence-corrected chi connectivity index (χ1v) is 4.39. The summed E-state index contributed by atoms with van der Waals surface area (Å²) in [6.45, 7) is 3.78. The number of allylic oxidation sites excluding steroid dienone is 2. The normalized spacial score (nSPS) is 37.2. The molecule has 0 bridgehead atoms. The van der Waals surface area contributed by atoms with Crippen molar-refractivity contribution in [1.82, 2.24) is 5.01 Å². The summed E-state index contributed by atoms with van der Waals surface area (Å²) in [7, 11) is 1.87. The highest BCUT2D eigenvalue weighted by atomic mass is 19.1. The molecule has 3 heteroatoms. The molecule has 2 rings (SSSR count). The predicted octanol–water partition coefficient (Wildman–Crippen LogP) is 2.11. The number of nitrogens with zero attached hydrogens (tertiary/aromatic N) is 2. The standard InChI is InChI=1S/C10H13FN2/c1-7-4-8-6-12-13(3)10(8,2)5-9(7)11/h4-6,8H,1-3H3/t8?,10-/m1/s1. The molecule has 0 amide bonds. The van der Waals surface area contributed by atoms with Gasteiger partial charge in [-0.15, -0.1) is 0 Å². The summed E-state index contributed by atoms with van der Waals surface area (Å²) in [5, 5.41) is 5.98. The summed E-state index contributed by atoms with van der Waals surface area (Å²) in [6, 6.07) is 0. The van der Waals surface area contributed by atoms with Crippen LogP contribution in [0.1, 0.15) is 13.8 Å². The van der Waals surface area contributed by atoms with Crippen molar-refractivity contribution in [2.45, 2.75) is 19.4 Å². The number of hydrogen-bond donors (Lipinski definition) is 0. The first-order chi connectivity index (χ1) is 6.04. The minimum atomic E-state index is -0.302. The lowest BCUT2D eigenvalue weighted by Gasteiger charge is -2.35. The van der Waals surface area contributed by atoms with E-state index in [-0.39, 0.29) is 17.3 Å². The lowest BCUT2D eigenvalue weighted by molar-refractivity contribution is 0.195. The molecule has 0 N–H and O–H groups in total. The van der Waals surface area contributed by atoms with Crippen LogP contribution in [-0.4, -0.2) is 23.8 Å². The van der Waals surface area contributed by atoms with Crippen molar-refractivity contribution in [2.24, 2.45) is 11.0 Å². The molecule has 0 spiro atoms. The van der Waals surface area contributed by atoms with Gasteiger partial charge in [0.25, 0.3) is 0 Å². The molecule has 2 aliphatic rings. The Morgan fingerprint density at radius 1 is 1.62 bits per heavy atom. The van der Waals surface area contributed by atoms with E-state index in [0.29, 0.717) is 5.57 Å². The molecule has 13 heavy (non-hydrogen) atoms. The van der Waals surface area contributed by atoms with Gasteiger partial charge in [-0.25, -0.2) is 4.39 Å². The van der Waals surface area contributed by atoms with E-state index in [9.17, 15) is 4.39 Å². The second-order valence-electron chi connectivity index (χ2n) is 3.88. The summed E-state index contributed by atoms with van der Waals surface area (Å²) in [5.41, 5.74) is 0.410. The summed E-state index contributed by atoms with van der Waals surface area (Å²) in [5.74, 6) is 0.0769. The van der Waals surface area contributed by atoms with Crippen molar-refractivity contribution in [3.8, 4) is 0 Å². The fourth-order valence-corrected chi connectivity index (χ4v) is 1.78. The van der Waals surface area contributed by atoms with Gasteiger partial charge >= 0.3 is 0 Å². The van der Waals surface area contributed by atoms with Crippen molar-refractivity contribution in [2.75, 3.05) is 7.05 Å². The van der Waals surface area contributed by atoms with Gasteiger partial charge in [-0.3, -0.25) is 5.01 Å². The topological polar surface area (TPSA) is 15.6 Å². The number of hydrogen-bond acceptors (Lipinski definition) is 2. The largest absolute Gasteiger partial charge is 0.290 e. The van der Waals surface area contributed by atoms with Crippen LogP contribution in [0.3, 0.4) is 0 Å². The minimum Gasteiger partial charge on any atom is -0.290 e. The van der Waals surface area contributed by atoms with Gasteiger partial charge in [0, 0.05) is 19.2 Å². The van der Waals surface area contributed by atoms with Crippen molar-refractivity contribution in [1.29, 1.82) is 0 Å². The molecule has 0 aromatic rings. The van der Waals surface area contributed by atoms with E-state index in [0.717, 1.165) is 0 Å². The lowest BCUT2D eigenvalue weighted by Crippen LogP contribution is -2.42. The molecule has 0 radical (unpaired) electrons. The number of hydrazone groups is 1. The van der Waals surface area contributed by atoms with E-state index < -0.39 is 0 Å². The molecular weight excluding hydrogens is 167 g/mol. The minimum absolute atomic E-state index is 0.129. The second-order valence-corrected chi connectivity index (χ2v) is 3.88. The average molecular weight is 180 g/mol. The Labute approximate surface area is 77.4 Å². The van der Waals surface area contributed by atoms with Gasteiger partial charge in [0.15, 0.2) is 0 Å². The van der Waals surface area contributed by atoms with E-state index in [4.69, 9.17) is 0 Å². The maximum Gasteiger partial charge on any atom is 0.124 e. The van der Waals surface area contributed by atoms with Gasteiger partial charge in [0.05, 0.1) is 5.54 Å². The molecule has 1 aliphatic carbocycles. The van der Waals surface area contributed by atoms with Crippen LogP contribution in [0.5, 0.6) is 0 Å². The maximum atomic E-state index is 13.3. The fraction of sp³-hybridized carbons (Fsp3) is 0.500. The van der Waals surface area contributed by atoms with Crippen molar-refractivity contribution in [3.05, 3.63) is 23.6 Å². The van der Waals surface area contributed by atoms with E-state index in [1.54, 1.807) is 18.0 Å². The average Bonchev–Trinajstić information content (AvgIpc) is 2.32. The van der Waals surface area contributed by atoms with Crippen LogP contribution in [0.15, 0.2) is 28.7 Å². The third-order valence-electron chi connectivity index (χ3n) is 3.00. The van der Waals surface area contributed by atoms with Crippen molar-refractivity contribution < 1.29 is 4.39 Å². The van der Waals surface area contributed by atoms with Crippen LogP contribution in [0.2, 0.25) is 0 Å². The molecule has 1 aliphatic heterocycles.